The van der Waals surface area contributed by atoms with Crippen molar-refractivity contribution in [2.24, 2.45) is 34.5 Å². The van der Waals surface area contributed by atoms with Gasteiger partial charge in [0.15, 0.2) is 31.3 Å². The van der Waals surface area contributed by atoms with Crippen molar-refractivity contribution in [1.82, 2.24) is 0 Å². The van der Waals surface area contributed by atoms with Crippen LogP contribution < -0.4 is 0 Å². The van der Waals surface area contributed by atoms with Gasteiger partial charge < -0.3 is 67.1 Å². The van der Waals surface area contributed by atoms with E-state index in [0.717, 1.165) is 50.5 Å². The summed E-state index contributed by atoms with van der Waals surface area (Å²) in [6.07, 6.45) is 0.511. The van der Waals surface area contributed by atoms with E-state index < -0.39 is 103 Å². The molecule has 8 aliphatic rings. The normalized spacial score (nSPS) is 47.6. The quantitative estimate of drug-likeness (QED) is 0.0685. The third-order valence-electron chi connectivity index (χ3n) is 18.3. The summed E-state index contributed by atoms with van der Waals surface area (Å²) in [4.78, 5) is 12.5. The molecule has 73 heavy (non-hydrogen) atoms. The molecule has 0 amide bonds. The van der Waals surface area contributed by atoms with E-state index in [4.69, 9.17) is 61.0 Å². The van der Waals surface area contributed by atoms with Crippen molar-refractivity contribution in [2.45, 2.75) is 250 Å². The zero-order chi connectivity index (χ0) is 52.9. The van der Waals surface area contributed by atoms with Crippen molar-refractivity contribution >= 4 is 16.4 Å². The number of allylic oxidation sites excluding steroid dienone is 2. The van der Waals surface area contributed by atoms with E-state index in [2.05, 4.69) is 19.9 Å². The molecule has 418 valence electrons. The van der Waals surface area contributed by atoms with E-state index in [1.165, 1.54) is 11.6 Å². The number of carbonyl (C=O) groups is 1. The third-order valence-corrected chi connectivity index (χ3v) is 18.8. The highest BCUT2D eigenvalue weighted by atomic mass is 32.3. The number of aliphatic hydroxyl groups is 2. The van der Waals surface area contributed by atoms with Crippen LogP contribution in [0.5, 0.6) is 0 Å². The summed E-state index contributed by atoms with van der Waals surface area (Å²) in [5.41, 5.74) is 2.08. The molecule has 4 aliphatic carbocycles. The number of methoxy groups -OCH3 is 3. The first kappa shape index (κ1) is 57.5. The van der Waals surface area contributed by atoms with Crippen molar-refractivity contribution in [3.63, 3.8) is 0 Å². The fourth-order valence-electron chi connectivity index (χ4n) is 14.8. The lowest BCUT2D eigenvalue weighted by Gasteiger charge is -2.58. The van der Waals surface area contributed by atoms with Gasteiger partial charge in [-0.1, -0.05) is 31.1 Å². The van der Waals surface area contributed by atoms with Crippen LogP contribution in [0.4, 0.5) is 0 Å². The van der Waals surface area contributed by atoms with Gasteiger partial charge in [-0.3, -0.25) is 4.55 Å². The Kier molecular flexibility index (Phi) is 18.4. The van der Waals surface area contributed by atoms with E-state index >= 15 is 0 Å². The Morgan fingerprint density at radius 3 is 1.78 bits per heavy atom. The summed E-state index contributed by atoms with van der Waals surface area (Å²) >= 11 is 0. The predicted molar refractivity (Wildman–Crippen MR) is 262 cm³/mol. The van der Waals surface area contributed by atoms with Gasteiger partial charge in [0, 0.05) is 59.0 Å². The lowest BCUT2D eigenvalue weighted by Crippen LogP contribution is -2.57. The molecule has 4 saturated heterocycles. The standard InChI is InChI=1S/C53H86O19S/c1-26(2)19-42(55)69-49-29(5)65-45(24-39(49)60-10)70-51-31(7)66-46(25-41(51)62-12)71-50-30(6)64-43(23-40(50)61-11)67-33-15-17-52(8)32(20-33)13-14-34-35(52)16-18-53(9)36(34)21-37(47(53)27(3)54)68-44-22-38(72-73(57,58)59)48(56)28(4)63-44/h13,19,27-31,33-41,43-51,54,56H,14-18,20-25H2,1-12H3,(H,57,58,59)/t27?,28-,29-,30-,31-,33+,34?,35?,36?,37-,38-,39+,40-,41+,43+,44+,45+,46+,47+,48-,49-,50-,51-,52+,53+/m1/s1. The summed E-state index contributed by atoms with van der Waals surface area (Å²) in [6, 6.07) is 0. The molecular formula is C53H86O19S. The Bertz CT molecular complexity index is 2050. The average molecular weight is 1060 g/mol. The molecule has 19 nitrogen and oxygen atoms in total. The fourth-order valence-corrected chi connectivity index (χ4v) is 15.3. The number of ether oxygens (including phenoxy) is 12. The SMILES string of the molecule is CO[C@H]1C[C@H](O[C@H]2[C@@H](OC)C[C@H](O[C@@H]3[C@@H](C)O[C@@H](O[C@H]4CC[C@@]5(C)C(=CCC6C5CC[C@@]5(C)C6C[C@@H](O[C@H]6C[C@@H](OS(=O)(=O)O)[C@H](O)[C@@H](C)O6)[C@@H]5C(C)O)C4)C[C@H]3OC)O[C@@H]2C)O[C@H](C)[C@H]1OC(=O)C=C(C)C. The third kappa shape index (κ3) is 12.4. The van der Waals surface area contributed by atoms with Gasteiger partial charge in [0.1, 0.15) is 30.5 Å². The van der Waals surface area contributed by atoms with Crippen LogP contribution in [0.1, 0.15) is 133 Å². The van der Waals surface area contributed by atoms with Gasteiger partial charge in [-0.2, -0.15) is 8.42 Å². The van der Waals surface area contributed by atoms with Gasteiger partial charge in [-0.25, -0.2) is 8.98 Å². The molecule has 4 heterocycles. The maximum Gasteiger partial charge on any atom is 0.397 e. The first-order valence-electron chi connectivity index (χ1n) is 26.8. The predicted octanol–water partition coefficient (Wildman–Crippen LogP) is 6.11. The van der Waals surface area contributed by atoms with Crippen molar-refractivity contribution < 1.29 is 89.0 Å². The van der Waals surface area contributed by atoms with Crippen LogP contribution >= 0.6 is 0 Å². The molecule has 0 aromatic rings. The molecule has 0 radical (unpaired) electrons. The van der Waals surface area contributed by atoms with Crippen molar-refractivity contribution in [2.75, 3.05) is 21.3 Å². The number of hydrogen-bond donors (Lipinski definition) is 3. The molecule has 0 spiro atoms. The van der Waals surface area contributed by atoms with Gasteiger partial charge in [-0.05, 0) is 122 Å². The number of aliphatic hydroxyl groups excluding tert-OH is 2. The minimum atomic E-state index is -4.81. The van der Waals surface area contributed by atoms with Crippen LogP contribution in [0.3, 0.4) is 0 Å². The van der Waals surface area contributed by atoms with Gasteiger partial charge >= 0.3 is 16.4 Å². The minimum absolute atomic E-state index is 0.00316. The van der Waals surface area contributed by atoms with Crippen LogP contribution in [0.15, 0.2) is 23.3 Å². The second kappa shape index (κ2) is 23.3. The van der Waals surface area contributed by atoms with E-state index in [9.17, 15) is 28.0 Å². The zero-order valence-corrected chi connectivity index (χ0v) is 45.8. The van der Waals surface area contributed by atoms with Crippen molar-refractivity contribution in [1.29, 1.82) is 0 Å². The monoisotopic (exact) mass is 1060 g/mol. The lowest BCUT2D eigenvalue weighted by molar-refractivity contribution is -0.338. The molecular weight excluding hydrogens is 973 g/mol. The van der Waals surface area contributed by atoms with Gasteiger partial charge in [0.25, 0.3) is 0 Å². The Hall–Kier alpha value is -1.70. The summed E-state index contributed by atoms with van der Waals surface area (Å²) in [7, 11) is 0.110. The van der Waals surface area contributed by atoms with Crippen LogP contribution in [0.25, 0.3) is 0 Å². The maximum absolute atomic E-state index is 12.5. The fraction of sp³-hybridized carbons (Fsp3) is 0.906. The highest BCUT2D eigenvalue weighted by Gasteiger charge is 2.63. The number of rotatable bonds is 16. The van der Waals surface area contributed by atoms with Crippen LogP contribution in [-0.4, -0.2) is 167 Å². The average Bonchev–Trinajstić information content (AvgIpc) is 3.61. The number of esters is 1. The summed E-state index contributed by atoms with van der Waals surface area (Å²) in [6.45, 7) is 17.6. The van der Waals surface area contributed by atoms with Crippen LogP contribution in [0, 0.1) is 34.5 Å². The van der Waals surface area contributed by atoms with Crippen molar-refractivity contribution in [3.8, 4) is 0 Å². The van der Waals surface area contributed by atoms with E-state index in [1.807, 2.05) is 41.5 Å². The Morgan fingerprint density at radius 2 is 1.23 bits per heavy atom. The second-order valence-corrected chi connectivity index (χ2v) is 24.3. The van der Waals surface area contributed by atoms with Crippen LogP contribution in [-0.2, 0) is 76.2 Å². The highest BCUT2D eigenvalue weighted by molar-refractivity contribution is 7.80. The summed E-state index contributed by atoms with van der Waals surface area (Å²) < 4.78 is 113. The van der Waals surface area contributed by atoms with Crippen molar-refractivity contribution in [3.05, 3.63) is 23.3 Å². The molecule has 8 rings (SSSR count). The van der Waals surface area contributed by atoms with E-state index in [-0.39, 0.29) is 59.6 Å². The molecule has 4 unspecified atom stereocenters. The number of carbonyl (C=O) groups excluding carboxylic acids is 1. The van der Waals surface area contributed by atoms with E-state index in [1.54, 1.807) is 28.3 Å². The Morgan fingerprint density at radius 1 is 0.712 bits per heavy atom. The Labute approximate surface area is 432 Å². The summed E-state index contributed by atoms with van der Waals surface area (Å²) in [5, 5.41) is 21.9. The largest absolute Gasteiger partial charge is 0.454 e. The minimum Gasteiger partial charge on any atom is -0.454 e. The molecule has 3 N–H and O–H groups in total. The lowest BCUT2D eigenvalue weighted by atomic mass is 9.47. The molecule has 20 heteroatoms. The van der Waals surface area contributed by atoms with E-state index in [0.29, 0.717) is 31.1 Å². The topological polar surface area (TPSA) is 232 Å². The first-order valence-corrected chi connectivity index (χ1v) is 28.2. The highest BCUT2D eigenvalue weighted by Crippen LogP contribution is 2.67. The molecule has 0 aromatic carbocycles. The van der Waals surface area contributed by atoms with Crippen LogP contribution in [0.2, 0.25) is 0 Å². The van der Waals surface area contributed by atoms with Gasteiger partial charge in [0.05, 0.1) is 54.9 Å². The van der Waals surface area contributed by atoms with Gasteiger partial charge in [-0.15, -0.1) is 0 Å². The number of hydrogen-bond acceptors (Lipinski definition) is 18. The summed E-state index contributed by atoms with van der Waals surface area (Å²) in [5.74, 6) is 0.491. The molecule has 0 bridgehead atoms. The molecule has 25 atom stereocenters. The number of fused-ring (bicyclic) bond motifs is 5. The Balaban J connectivity index is 0.846. The maximum atomic E-state index is 12.5. The zero-order valence-electron chi connectivity index (χ0n) is 45.0. The second-order valence-electron chi connectivity index (χ2n) is 23.2. The molecule has 0 aromatic heterocycles. The molecule has 3 saturated carbocycles. The molecule has 4 aliphatic heterocycles. The molecule has 7 fully saturated rings. The first-order chi connectivity index (χ1) is 34.4. The van der Waals surface area contributed by atoms with Gasteiger partial charge in [0.2, 0.25) is 0 Å². The smallest absolute Gasteiger partial charge is 0.397 e.